The van der Waals surface area contributed by atoms with Gasteiger partial charge in [0.15, 0.2) is 0 Å². The second kappa shape index (κ2) is 7.60. The Bertz CT molecular complexity index is 273. The summed E-state index contributed by atoms with van der Waals surface area (Å²) in [5.41, 5.74) is 1.40. The Balaban J connectivity index is 1.98. The Labute approximate surface area is 110 Å². The first-order valence-electron chi connectivity index (χ1n) is 5.35. The van der Waals surface area contributed by atoms with E-state index in [0.717, 1.165) is 19.6 Å². The zero-order valence-electron chi connectivity index (χ0n) is 9.35. The lowest BCUT2D eigenvalue weighted by molar-refractivity contribution is 0.548. The zero-order chi connectivity index (χ0) is 11.1. The molecule has 1 heterocycles. The van der Waals surface area contributed by atoms with Crippen molar-refractivity contribution in [3.05, 3.63) is 19.9 Å². The van der Waals surface area contributed by atoms with Gasteiger partial charge in [-0.1, -0.05) is 13.8 Å². The van der Waals surface area contributed by atoms with Crippen LogP contribution in [0.1, 0.15) is 25.8 Å². The van der Waals surface area contributed by atoms with Gasteiger partial charge in [-0.05, 0) is 59.1 Å². The third-order valence-corrected chi connectivity index (χ3v) is 3.87. The Kier molecular flexibility index (Phi) is 6.79. The fourth-order valence-corrected chi connectivity index (χ4v) is 2.69. The highest BCUT2D eigenvalue weighted by Gasteiger charge is 1.96. The molecule has 15 heavy (non-hydrogen) atoms. The lowest BCUT2D eigenvalue weighted by Crippen LogP contribution is -2.26. The standard InChI is InChI=1S/C11H19IN2S/c1-9(2)14-5-3-4-13-7-10-6-11(12)15-8-10/h6,8-9,13-14H,3-5,7H2,1-2H3. The maximum absolute atomic E-state index is 3.45. The molecule has 0 aliphatic heterocycles. The minimum absolute atomic E-state index is 0.600. The third kappa shape index (κ3) is 6.50. The van der Waals surface area contributed by atoms with Crippen LogP contribution in [0.25, 0.3) is 0 Å². The summed E-state index contributed by atoms with van der Waals surface area (Å²) < 4.78 is 1.37. The Hall–Kier alpha value is 0.350. The summed E-state index contributed by atoms with van der Waals surface area (Å²) in [5, 5.41) is 9.08. The molecule has 0 saturated heterocycles. The molecular weight excluding hydrogens is 319 g/mol. The highest BCUT2D eigenvalue weighted by molar-refractivity contribution is 14.1. The SMILES string of the molecule is CC(C)NCCCNCc1csc(I)c1. The van der Waals surface area contributed by atoms with Gasteiger partial charge in [0.2, 0.25) is 0 Å². The van der Waals surface area contributed by atoms with Crippen molar-refractivity contribution in [2.45, 2.75) is 32.9 Å². The van der Waals surface area contributed by atoms with E-state index < -0.39 is 0 Å². The molecule has 0 fully saturated rings. The summed E-state index contributed by atoms with van der Waals surface area (Å²) in [4.78, 5) is 0. The third-order valence-electron chi connectivity index (χ3n) is 2.03. The summed E-state index contributed by atoms with van der Waals surface area (Å²) in [6.45, 7) is 7.56. The predicted octanol–water partition coefficient (Wildman–Crippen LogP) is 2.83. The molecule has 0 saturated carbocycles. The summed E-state index contributed by atoms with van der Waals surface area (Å²) >= 11 is 4.17. The number of hydrogen-bond acceptors (Lipinski definition) is 3. The number of nitrogens with one attached hydrogen (secondary N) is 2. The first kappa shape index (κ1) is 13.4. The summed E-state index contributed by atoms with van der Waals surface area (Å²) in [6, 6.07) is 2.84. The van der Waals surface area contributed by atoms with Crippen LogP contribution in [0.2, 0.25) is 0 Å². The molecule has 0 unspecified atom stereocenters. The van der Waals surface area contributed by atoms with Crippen LogP contribution in [-0.4, -0.2) is 19.1 Å². The zero-order valence-corrected chi connectivity index (χ0v) is 12.3. The van der Waals surface area contributed by atoms with E-state index in [9.17, 15) is 0 Å². The van der Waals surface area contributed by atoms with E-state index >= 15 is 0 Å². The summed E-state index contributed by atoms with van der Waals surface area (Å²) in [6.07, 6.45) is 1.19. The fraction of sp³-hybridized carbons (Fsp3) is 0.636. The average molecular weight is 338 g/mol. The average Bonchev–Trinajstić information content (AvgIpc) is 2.57. The van der Waals surface area contributed by atoms with Crippen LogP contribution < -0.4 is 10.6 Å². The minimum atomic E-state index is 0.600. The van der Waals surface area contributed by atoms with Gasteiger partial charge in [-0.3, -0.25) is 0 Å². The van der Waals surface area contributed by atoms with E-state index in [-0.39, 0.29) is 0 Å². The largest absolute Gasteiger partial charge is 0.314 e. The quantitative estimate of drug-likeness (QED) is 0.590. The molecule has 0 radical (unpaired) electrons. The maximum atomic E-state index is 3.45. The molecule has 1 aromatic rings. The molecule has 0 atom stereocenters. The lowest BCUT2D eigenvalue weighted by atomic mass is 10.3. The molecule has 1 aromatic heterocycles. The van der Waals surface area contributed by atoms with Crippen molar-refractivity contribution in [2.24, 2.45) is 0 Å². The van der Waals surface area contributed by atoms with E-state index in [1.807, 2.05) is 11.3 Å². The van der Waals surface area contributed by atoms with Crippen LogP contribution in [0.5, 0.6) is 0 Å². The van der Waals surface area contributed by atoms with E-state index in [0.29, 0.717) is 6.04 Å². The molecule has 2 N–H and O–H groups in total. The van der Waals surface area contributed by atoms with Crippen molar-refractivity contribution in [3.8, 4) is 0 Å². The second-order valence-electron chi connectivity index (χ2n) is 3.90. The highest BCUT2D eigenvalue weighted by atomic mass is 127. The second-order valence-corrected chi connectivity index (χ2v) is 6.70. The number of hydrogen-bond donors (Lipinski definition) is 2. The van der Waals surface area contributed by atoms with E-state index in [1.54, 1.807) is 0 Å². The first-order valence-corrected chi connectivity index (χ1v) is 7.31. The topological polar surface area (TPSA) is 24.1 Å². The molecule has 86 valence electrons. The van der Waals surface area contributed by atoms with Crippen LogP contribution in [0.4, 0.5) is 0 Å². The molecule has 0 bridgehead atoms. The molecule has 1 rings (SSSR count). The van der Waals surface area contributed by atoms with Crippen LogP contribution in [0.3, 0.4) is 0 Å². The summed E-state index contributed by atoms with van der Waals surface area (Å²) in [5.74, 6) is 0. The van der Waals surface area contributed by atoms with Crippen molar-refractivity contribution in [1.29, 1.82) is 0 Å². The molecule has 0 aromatic carbocycles. The van der Waals surface area contributed by atoms with E-state index in [2.05, 4.69) is 58.5 Å². The normalized spacial score (nSPS) is 11.2. The molecule has 0 amide bonds. The maximum Gasteiger partial charge on any atom is 0.0656 e. The molecule has 0 spiro atoms. The minimum Gasteiger partial charge on any atom is -0.314 e. The van der Waals surface area contributed by atoms with Gasteiger partial charge in [0.1, 0.15) is 0 Å². The van der Waals surface area contributed by atoms with Gasteiger partial charge in [-0.2, -0.15) is 0 Å². The smallest absolute Gasteiger partial charge is 0.0656 e. The Morgan fingerprint density at radius 1 is 1.40 bits per heavy atom. The van der Waals surface area contributed by atoms with Gasteiger partial charge in [0.05, 0.1) is 2.88 Å². The number of thiophene rings is 1. The van der Waals surface area contributed by atoms with Crippen molar-refractivity contribution in [1.82, 2.24) is 10.6 Å². The van der Waals surface area contributed by atoms with E-state index in [1.165, 1.54) is 14.9 Å². The fourth-order valence-electron chi connectivity index (χ4n) is 1.28. The highest BCUT2D eigenvalue weighted by Crippen LogP contribution is 2.16. The van der Waals surface area contributed by atoms with Gasteiger partial charge in [0, 0.05) is 12.6 Å². The van der Waals surface area contributed by atoms with Gasteiger partial charge < -0.3 is 10.6 Å². The van der Waals surface area contributed by atoms with Crippen molar-refractivity contribution >= 4 is 33.9 Å². The monoisotopic (exact) mass is 338 g/mol. The first-order chi connectivity index (χ1) is 7.18. The van der Waals surface area contributed by atoms with Gasteiger partial charge in [-0.25, -0.2) is 0 Å². The molecule has 0 aliphatic carbocycles. The predicted molar refractivity (Wildman–Crippen MR) is 76.5 cm³/mol. The van der Waals surface area contributed by atoms with Crippen molar-refractivity contribution in [3.63, 3.8) is 0 Å². The van der Waals surface area contributed by atoms with Crippen LogP contribution in [-0.2, 0) is 6.54 Å². The van der Waals surface area contributed by atoms with Crippen LogP contribution in [0.15, 0.2) is 11.4 Å². The Morgan fingerprint density at radius 3 is 2.80 bits per heavy atom. The molecule has 4 heteroatoms. The van der Waals surface area contributed by atoms with Gasteiger partial charge >= 0.3 is 0 Å². The van der Waals surface area contributed by atoms with Crippen LogP contribution in [0, 0.1) is 2.88 Å². The Morgan fingerprint density at radius 2 is 2.20 bits per heavy atom. The number of halogens is 1. The van der Waals surface area contributed by atoms with Crippen molar-refractivity contribution < 1.29 is 0 Å². The van der Waals surface area contributed by atoms with Gasteiger partial charge in [0.25, 0.3) is 0 Å². The molecule has 0 aliphatic rings. The summed E-state index contributed by atoms with van der Waals surface area (Å²) in [7, 11) is 0. The van der Waals surface area contributed by atoms with Gasteiger partial charge in [-0.15, -0.1) is 11.3 Å². The van der Waals surface area contributed by atoms with Crippen LogP contribution >= 0.6 is 33.9 Å². The lowest BCUT2D eigenvalue weighted by Gasteiger charge is -2.07. The molecular formula is C11H19IN2S. The van der Waals surface area contributed by atoms with Crippen molar-refractivity contribution in [2.75, 3.05) is 13.1 Å². The molecule has 2 nitrogen and oxygen atoms in total. The number of rotatable bonds is 7. The van der Waals surface area contributed by atoms with E-state index in [4.69, 9.17) is 0 Å².